The summed E-state index contributed by atoms with van der Waals surface area (Å²) >= 11 is 0. The van der Waals surface area contributed by atoms with Gasteiger partial charge in [-0.1, -0.05) is 12.1 Å². The van der Waals surface area contributed by atoms with Crippen LogP contribution in [0.2, 0.25) is 0 Å². The van der Waals surface area contributed by atoms with Crippen LogP contribution in [0.3, 0.4) is 0 Å². The highest BCUT2D eigenvalue weighted by atomic mass is 19.3. The van der Waals surface area contributed by atoms with E-state index in [0.717, 1.165) is 12.1 Å². The predicted molar refractivity (Wildman–Crippen MR) is 72.6 cm³/mol. The van der Waals surface area contributed by atoms with Crippen LogP contribution in [-0.2, 0) is 0 Å². The van der Waals surface area contributed by atoms with Crippen molar-refractivity contribution in [3.05, 3.63) is 29.8 Å². The number of hydrogen-bond acceptors (Lipinski definition) is 3. The molecular formula is C14H22F2N2O. The second-order valence-corrected chi connectivity index (χ2v) is 4.89. The predicted octanol–water partition coefficient (Wildman–Crippen LogP) is 2.89. The minimum atomic E-state index is -2.78. The summed E-state index contributed by atoms with van der Waals surface area (Å²) in [5.41, 5.74) is 0.934. The highest BCUT2D eigenvalue weighted by molar-refractivity contribution is 5.30. The second kappa shape index (κ2) is 7.40. The highest BCUT2D eigenvalue weighted by Gasteiger charge is 2.11. The van der Waals surface area contributed by atoms with Gasteiger partial charge in [-0.2, -0.15) is 8.78 Å². The molecular weight excluding hydrogens is 250 g/mol. The first-order valence-electron chi connectivity index (χ1n) is 6.34. The topological polar surface area (TPSA) is 24.5 Å². The number of ether oxygens (including phenoxy) is 1. The van der Waals surface area contributed by atoms with Gasteiger partial charge in [-0.05, 0) is 45.6 Å². The largest absolute Gasteiger partial charge is 0.435 e. The molecule has 2 atom stereocenters. The van der Waals surface area contributed by atoms with Crippen LogP contribution in [0.5, 0.6) is 5.75 Å². The van der Waals surface area contributed by atoms with Crippen LogP contribution < -0.4 is 10.1 Å². The Morgan fingerprint density at radius 3 is 2.53 bits per heavy atom. The number of rotatable bonds is 7. The van der Waals surface area contributed by atoms with Crippen LogP contribution in [0.25, 0.3) is 0 Å². The molecule has 1 rings (SSSR count). The summed E-state index contributed by atoms with van der Waals surface area (Å²) in [5, 5.41) is 3.38. The molecule has 108 valence electrons. The van der Waals surface area contributed by atoms with Gasteiger partial charge in [0.15, 0.2) is 0 Å². The van der Waals surface area contributed by atoms with Gasteiger partial charge in [0.05, 0.1) is 0 Å². The Morgan fingerprint density at radius 1 is 1.26 bits per heavy atom. The Balaban J connectivity index is 2.59. The molecule has 0 bridgehead atoms. The lowest BCUT2D eigenvalue weighted by Crippen LogP contribution is -2.36. The molecule has 19 heavy (non-hydrogen) atoms. The molecule has 0 aliphatic rings. The first kappa shape index (κ1) is 15.9. The molecule has 1 N–H and O–H groups in total. The lowest BCUT2D eigenvalue weighted by Gasteiger charge is -2.23. The van der Waals surface area contributed by atoms with Crippen LogP contribution >= 0.6 is 0 Å². The molecule has 3 nitrogen and oxygen atoms in total. The molecule has 0 radical (unpaired) electrons. The second-order valence-electron chi connectivity index (χ2n) is 4.89. The van der Waals surface area contributed by atoms with E-state index in [1.54, 1.807) is 12.1 Å². The fourth-order valence-electron chi connectivity index (χ4n) is 1.61. The van der Waals surface area contributed by atoms with Crippen molar-refractivity contribution in [3.8, 4) is 5.75 Å². The average molecular weight is 272 g/mol. The quantitative estimate of drug-likeness (QED) is 0.826. The van der Waals surface area contributed by atoms with E-state index in [9.17, 15) is 8.78 Å². The molecule has 1 aromatic rings. The zero-order valence-corrected chi connectivity index (χ0v) is 11.9. The standard InChI is InChI=1S/C14H22F2N2O/c1-10(18(3)4)9-17-11(2)12-6-5-7-13(8-12)19-14(15)16/h5-8,10-11,14,17H,9H2,1-4H3. The number of nitrogens with zero attached hydrogens (tertiary/aromatic N) is 1. The summed E-state index contributed by atoms with van der Waals surface area (Å²) in [4.78, 5) is 2.12. The van der Waals surface area contributed by atoms with Crippen molar-refractivity contribution in [1.29, 1.82) is 0 Å². The van der Waals surface area contributed by atoms with Crippen LogP contribution in [0, 0.1) is 0 Å². The molecule has 0 saturated carbocycles. The van der Waals surface area contributed by atoms with Crippen molar-refractivity contribution in [2.45, 2.75) is 32.5 Å². The maximum atomic E-state index is 12.2. The molecule has 0 heterocycles. The Kier molecular flexibility index (Phi) is 6.18. The molecule has 0 amide bonds. The summed E-state index contributed by atoms with van der Waals surface area (Å²) in [6.07, 6.45) is 0. The molecule has 2 unspecified atom stereocenters. The Bertz CT molecular complexity index is 385. The molecule has 0 fully saturated rings. The molecule has 0 aliphatic heterocycles. The van der Waals surface area contributed by atoms with E-state index in [4.69, 9.17) is 0 Å². The smallest absolute Gasteiger partial charge is 0.387 e. The summed E-state index contributed by atoms with van der Waals surface area (Å²) in [7, 11) is 4.04. The number of hydrogen-bond donors (Lipinski definition) is 1. The lowest BCUT2D eigenvalue weighted by atomic mass is 10.1. The minimum absolute atomic E-state index is 0.0867. The van der Waals surface area contributed by atoms with Crippen LogP contribution in [-0.4, -0.2) is 38.2 Å². The van der Waals surface area contributed by atoms with Crippen LogP contribution in [0.4, 0.5) is 8.78 Å². The third-order valence-electron chi connectivity index (χ3n) is 3.18. The maximum absolute atomic E-state index is 12.2. The number of halogens is 2. The molecule has 0 saturated heterocycles. The van der Waals surface area contributed by atoms with Crippen molar-refractivity contribution in [3.63, 3.8) is 0 Å². The van der Waals surface area contributed by atoms with Gasteiger partial charge in [-0.3, -0.25) is 0 Å². The van der Waals surface area contributed by atoms with Gasteiger partial charge in [0.25, 0.3) is 0 Å². The van der Waals surface area contributed by atoms with E-state index in [1.165, 1.54) is 6.07 Å². The first-order chi connectivity index (χ1) is 8.90. The van der Waals surface area contributed by atoms with E-state index in [-0.39, 0.29) is 11.8 Å². The van der Waals surface area contributed by atoms with E-state index < -0.39 is 6.61 Å². The van der Waals surface area contributed by atoms with Gasteiger partial charge in [0.2, 0.25) is 0 Å². The Morgan fingerprint density at radius 2 is 1.95 bits per heavy atom. The van der Waals surface area contributed by atoms with Gasteiger partial charge in [0.1, 0.15) is 5.75 Å². The fraction of sp³-hybridized carbons (Fsp3) is 0.571. The normalized spacial score (nSPS) is 14.7. The summed E-state index contributed by atoms with van der Waals surface area (Å²) < 4.78 is 28.7. The summed E-state index contributed by atoms with van der Waals surface area (Å²) in [6, 6.07) is 7.29. The SMILES string of the molecule is CC(NCC(C)N(C)C)c1cccc(OC(F)F)c1. The third-order valence-corrected chi connectivity index (χ3v) is 3.18. The summed E-state index contributed by atoms with van der Waals surface area (Å²) in [5.74, 6) is 0.196. The Hall–Kier alpha value is -1.20. The molecule has 5 heteroatoms. The molecule has 0 aliphatic carbocycles. The molecule has 0 spiro atoms. The monoisotopic (exact) mass is 272 g/mol. The molecule has 1 aromatic carbocycles. The zero-order valence-electron chi connectivity index (χ0n) is 11.9. The van der Waals surface area contributed by atoms with Gasteiger partial charge in [-0.15, -0.1) is 0 Å². The molecule has 0 aromatic heterocycles. The maximum Gasteiger partial charge on any atom is 0.387 e. The van der Waals surface area contributed by atoms with Gasteiger partial charge < -0.3 is 15.0 Å². The number of likely N-dealkylation sites (N-methyl/N-ethyl adjacent to an activating group) is 1. The van der Waals surface area contributed by atoms with E-state index in [2.05, 4.69) is 21.9 Å². The van der Waals surface area contributed by atoms with Crippen LogP contribution in [0.15, 0.2) is 24.3 Å². The van der Waals surface area contributed by atoms with Gasteiger partial charge >= 0.3 is 6.61 Å². The zero-order chi connectivity index (χ0) is 14.4. The number of nitrogens with one attached hydrogen (secondary N) is 1. The minimum Gasteiger partial charge on any atom is -0.435 e. The number of benzene rings is 1. The lowest BCUT2D eigenvalue weighted by molar-refractivity contribution is -0.0499. The van der Waals surface area contributed by atoms with E-state index in [0.29, 0.717) is 6.04 Å². The van der Waals surface area contributed by atoms with Crippen LogP contribution in [0.1, 0.15) is 25.5 Å². The average Bonchev–Trinajstić information content (AvgIpc) is 2.34. The van der Waals surface area contributed by atoms with Gasteiger partial charge in [-0.25, -0.2) is 0 Å². The van der Waals surface area contributed by atoms with E-state index in [1.807, 2.05) is 27.1 Å². The van der Waals surface area contributed by atoms with Crippen molar-refractivity contribution < 1.29 is 13.5 Å². The number of alkyl halides is 2. The van der Waals surface area contributed by atoms with Crippen molar-refractivity contribution in [1.82, 2.24) is 10.2 Å². The van der Waals surface area contributed by atoms with E-state index >= 15 is 0 Å². The van der Waals surface area contributed by atoms with Crippen molar-refractivity contribution in [2.24, 2.45) is 0 Å². The third kappa shape index (κ3) is 5.53. The summed E-state index contributed by atoms with van der Waals surface area (Å²) in [6.45, 7) is 2.17. The fourth-order valence-corrected chi connectivity index (χ4v) is 1.61. The first-order valence-corrected chi connectivity index (χ1v) is 6.34. The highest BCUT2D eigenvalue weighted by Crippen LogP contribution is 2.20. The van der Waals surface area contributed by atoms with Crippen molar-refractivity contribution in [2.75, 3.05) is 20.6 Å². The Labute approximate surface area is 113 Å². The van der Waals surface area contributed by atoms with Gasteiger partial charge in [0, 0.05) is 18.6 Å². The van der Waals surface area contributed by atoms with Crippen molar-refractivity contribution >= 4 is 0 Å².